The average Bonchev–Trinajstić information content (AvgIpc) is 2.71. The van der Waals surface area contributed by atoms with Crippen LogP contribution in [0.3, 0.4) is 0 Å². The summed E-state index contributed by atoms with van der Waals surface area (Å²) in [5.74, 6) is 0. The molecule has 0 aromatic carbocycles. The Balaban J connectivity index is 2.02. The van der Waals surface area contributed by atoms with E-state index in [1.54, 1.807) is 0 Å². The van der Waals surface area contributed by atoms with Gasteiger partial charge in [-0.15, -0.1) is 0 Å². The Morgan fingerprint density at radius 1 is 1.50 bits per heavy atom. The normalized spacial score (nSPS) is 27.2. The quantitative estimate of drug-likeness (QED) is 0.838. The minimum absolute atomic E-state index is 0.158. The number of imidazole rings is 1. The largest absolute Gasteiger partial charge is 0.392 e. The minimum Gasteiger partial charge on any atom is -0.392 e. The number of aliphatic hydroxyl groups is 1. The van der Waals surface area contributed by atoms with Crippen LogP contribution in [-0.2, 0) is 13.1 Å². The molecule has 0 saturated carbocycles. The Kier molecular flexibility index (Phi) is 3.61. The fourth-order valence-corrected chi connectivity index (χ4v) is 2.35. The molecule has 0 aliphatic carbocycles. The molecule has 2 atom stereocenters. The molecule has 2 rings (SSSR count). The number of rotatable bonds is 3. The van der Waals surface area contributed by atoms with E-state index in [9.17, 15) is 5.11 Å². The number of piperidine rings is 1. The summed E-state index contributed by atoms with van der Waals surface area (Å²) < 4.78 is 2.16. The van der Waals surface area contributed by atoms with Gasteiger partial charge >= 0.3 is 0 Å². The summed E-state index contributed by atoms with van der Waals surface area (Å²) in [7, 11) is 0. The fourth-order valence-electron chi connectivity index (χ4n) is 2.35. The van der Waals surface area contributed by atoms with Crippen LogP contribution in [0.15, 0.2) is 12.5 Å². The molecule has 1 saturated heterocycles. The molecule has 1 aliphatic heterocycles. The summed E-state index contributed by atoms with van der Waals surface area (Å²) in [4.78, 5) is 6.52. The number of likely N-dealkylation sites (tertiary alicyclic amines) is 1. The third-order valence-corrected chi connectivity index (χ3v) is 3.49. The molecule has 0 spiro atoms. The summed E-state index contributed by atoms with van der Waals surface area (Å²) in [6.07, 6.45) is 5.66. The van der Waals surface area contributed by atoms with E-state index in [-0.39, 0.29) is 6.10 Å². The standard InChI is InChI=1S/C12H21N3O/c1-3-14-9-13-6-11(14)7-15-8-12(16)5-4-10(15)2/h6,9-10,12,16H,3-5,7-8H2,1-2H3/t10-,12-/m0/s1. The number of aryl methyl sites for hydroxylation is 1. The second kappa shape index (κ2) is 4.97. The van der Waals surface area contributed by atoms with Crippen molar-refractivity contribution in [3.05, 3.63) is 18.2 Å². The van der Waals surface area contributed by atoms with Crippen molar-refractivity contribution in [1.29, 1.82) is 0 Å². The highest BCUT2D eigenvalue weighted by atomic mass is 16.3. The third-order valence-electron chi connectivity index (χ3n) is 3.49. The van der Waals surface area contributed by atoms with Crippen molar-refractivity contribution in [3.8, 4) is 0 Å². The molecule has 1 N–H and O–H groups in total. The minimum atomic E-state index is -0.158. The van der Waals surface area contributed by atoms with Gasteiger partial charge in [-0.3, -0.25) is 4.90 Å². The van der Waals surface area contributed by atoms with Crippen molar-refractivity contribution in [2.24, 2.45) is 0 Å². The van der Waals surface area contributed by atoms with Crippen LogP contribution in [0.5, 0.6) is 0 Å². The van der Waals surface area contributed by atoms with Gasteiger partial charge in [0.1, 0.15) is 0 Å². The van der Waals surface area contributed by atoms with Crippen LogP contribution in [0.25, 0.3) is 0 Å². The van der Waals surface area contributed by atoms with Gasteiger partial charge in [0.05, 0.1) is 18.1 Å². The van der Waals surface area contributed by atoms with Crippen LogP contribution >= 0.6 is 0 Å². The SMILES string of the molecule is CCn1cncc1CN1C[C@@H](O)CC[C@@H]1C. The van der Waals surface area contributed by atoms with E-state index < -0.39 is 0 Å². The lowest BCUT2D eigenvalue weighted by Gasteiger charge is -2.35. The van der Waals surface area contributed by atoms with E-state index in [4.69, 9.17) is 0 Å². The van der Waals surface area contributed by atoms with Gasteiger partial charge in [0.2, 0.25) is 0 Å². The molecular formula is C12H21N3O. The molecule has 1 aromatic heterocycles. The first-order chi connectivity index (χ1) is 7.70. The molecule has 1 fully saturated rings. The van der Waals surface area contributed by atoms with E-state index >= 15 is 0 Å². The number of hydrogen-bond acceptors (Lipinski definition) is 3. The number of β-amino-alcohol motifs (C(OH)–C–C–N with tert-alkyl or cyclic N) is 1. The maximum Gasteiger partial charge on any atom is 0.0948 e. The highest BCUT2D eigenvalue weighted by Gasteiger charge is 2.24. The first-order valence-electron chi connectivity index (χ1n) is 6.11. The molecule has 1 aliphatic rings. The number of aliphatic hydroxyl groups excluding tert-OH is 1. The Morgan fingerprint density at radius 2 is 2.31 bits per heavy atom. The van der Waals surface area contributed by atoms with E-state index in [1.807, 2.05) is 12.5 Å². The van der Waals surface area contributed by atoms with Crippen molar-refractivity contribution >= 4 is 0 Å². The Hall–Kier alpha value is -0.870. The maximum atomic E-state index is 9.69. The summed E-state index contributed by atoms with van der Waals surface area (Å²) >= 11 is 0. The van der Waals surface area contributed by atoms with E-state index in [1.165, 1.54) is 5.69 Å². The molecule has 16 heavy (non-hydrogen) atoms. The van der Waals surface area contributed by atoms with Crippen LogP contribution in [-0.4, -0.2) is 38.2 Å². The van der Waals surface area contributed by atoms with E-state index in [0.29, 0.717) is 6.04 Å². The number of nitrogens with zero attached hydrogens (tertiary/aromatic N) is 3. The van der Waals surface area contributed by atoms with Crippen LogP contribution in [0, 0.1) is 0 Å². The summed E-state index contributed by atoms with van der Waals surface area (Å²) in [6, 6.07) is 0.559. The van der Waals surface area contributed by atoms with Gasteiger partial charge in [-0.2, -0.15) is 0 Å². The maximum absolute atomic E-state index is 9.69. The summed E-state index contributed by atoms with van der Waals surface area (Å²) in [6.45, 7) is 7.00. The zero-order valence-electron chi connectivity index (χ0n) is 10.1. The number of hydrogen-bond donors (Lipinski definition) is 1. The molecule has 4 heteroatoms. The lowest BCUT2D eigenvalue weighted by molar-refractivity contribution is 0.0352. The molecule has 2 heterocycles. The van der Waals surface area contributed by atoms with E-state index in [0.717, 1.165) is 32.5 Å². The van der Waals surface area contributed by atoms with Crippen molar-refractivity contribution in [3.63, 3.8) is 0 Å². The monoisotopic (exact) mass is 223 g/mol. The van der Waals surface area contributed by atoms with Gasteiger partial charge in [-0.25, -0.2) is 4.98 Å². The molecule has 0 amide bonds. The molecular weight excluding hydrogens is 202 g/mol. The summed E-state index contributed by atoms with van der Waals surface area (Å²) in [5, 5.41) is 9.69. The topological polar surface area (TPSA) is 41.3 Å². The van der Waals surface area contributed by atoms with Crippen LogP contribution in [0.4, 0.5) is 0 Å². The molecule has 0 radical (unpaired) electrons. The second-order valence-electron chi connectivity index (χ2n) is 4.68. The van der Waals surface area contributed by atoms with Gasteiger partial charge in [0.15, 0.2) is 0 Å². The number of aromatic nitrogens is 2. The highest BCUT2D eigenvalue weighted by Crippen LogP contribution is 2.19. The van der Waals surface area contributed by atoms with Gasteiger partial charge in [-0.1, -0.05) is 0 Å². The van der Waals surface area contributed by atoms with Crippen LogP contribution in [0.2, 0.25) is 0 Å². The van der Waals surface area contributed by atoms with Crippen molar-refractivity contribution < 1.29 is 5.11 Å². The molecule has 0 bridgehead atoms. The van der Waals surface area contributed by atoms with Gasteiger partial charge in [0, 0.05) is 31.9 Å². The second-order valence-corrected chi connectivity index (χ2v) is 4.68. The highest BCUT2D eigenvalue weighted by molar-refractivity contribution is 4.99. The molecule has 90 valence electrons. The van der Waals surface area contributed by atoms with Crippen LogP contribution < -0.4 is 0 Å². The van der Waals surface area contributed by atoms with E-state index in [2.05, 4.69) is 28.3 Å². The molecule has 0 unspecified atom stereocenters. The molecule has 1 aromatic rings. The Bertz CT molecular complexity index is 337. The first-order valence-corrected chi connectivity index (χ1v) is 6.11. The van der Waals surface area contributed by atoms with Gasteiger partial charge in [-0.05, 0) is 26.7 Å². The third kappa shape index (κ3) is 2.44. The molecule has 4 nitrogen and oxygen atoms in total. The fraction of sp³-hybridized carbons (Fsp3) is 0.750. The zero-order chi connectivity index (χ0) is 11.5. The predicted molar refractivity (Wildman–Crippen MR) is 63.0 cm³/mol. The van der Waals surface area contributed by atoms with Gasteiger partial charge in [0.25, 0.3) is 0 Å². The van der Waals surface area contributed by atoms with Crippen molar-refractivity contribution in [1.82, 2.24) is 14.5 Å². The Morgan fingerprint density at radius 3 is 3.06 bits per heavy atom. The van der Waals surface area contributed by atoms with Gasteiger partial charge < -0.3 is 9.67 Å². The average molecular weight is 223 g/mol. The lowest BCUT2D eigenvalue weighted by Crippen LogP contribution is -2.43. The predicted octanol–water partition coefficient (Wildman–Crippen LogP) is 1.25. The summed E-state index contributed by atoms with van der Waals surface area (Å²) in [5.41, 5.74) is 1.24. The Labute approximate surface area is 96.9 Å². The van der Waals surface area contributed by atoms with Crippen molar-refractivity contribution in [2.45, 2.75) is 51.9 Å². The van der Waals surface area contributed by atoms with Crippen LogP contribution in [0.1, 0.15) is 32.4 Å². The lowest BCUT2D eigenvalue weighted by atomic mass is 10.0. The smallest absolute Gasteiger partial charge is 0.0948 e. The first kappa shape index (κ1) is 11.6. The van der Waals surface area contributed by atoms with Crippen molar-refractivity contribution in [2.75, 3.05) is 6.54 Å². The zero-order valence-corrected chi connectivity index (χ0v) is 10.1.